The molecule has 1 aromatic carbocycles. The van der Waals surface area contributed by atoms with E-state index in [9.17, 15) is 9.50 Å². The lowest BCUT2D eigenvalue weighted by Crippen LogP contribution is -2.36. The van der Waals surface area contributed by atoms with Crippen LogP contribution < -0.4 is 4.90 Å². The van der Waals surface area contributed by atoms with Gasteiger partial charge in [0.1, 0.15) is 5.82 Å². The number of hydrogen-bond donors (Lipinski definition) is 1. The number of rotatable bonds is 4. The molecule has 3 nitrogen and oxygen atoms in total. The van der Waals surface area contributed by atoms with Crippen molar-refractivity contribution in [1.82, 2.24) is 4.90 Å². The Morgan fingerprint density at radius 3 is 2.79 bits per heavy atom. The van der Waals surface area contributed by atoms with E-state index in [1.165, 1.54) is 18.9 Å². The maximum absolute atomic E-state index is 14.1. The first-order valence-corrected chi connectivity index (χ1v) is 6.88. The van der Waals surface area contributed by atoms with Crippen LogP contribution in [0.1, 0.15) is 31.4 Å². The van der Waals surface area contributed by atoms with E-state index in [4.69, 9.17) is 0 Å². The fraction of sp³-hybridized carbons (Fsp3) is 0.600. The third-order valence-electron chi connectivity index (χ3n) is 4.02. The van der Waals surface area contributed by atoms with Gasteiger partial charge >= 0.3 is 0 Å². The molecule has 1 saturated heterocycles. The van der Waals surface area contributed by atoms with Crippen LogP contribution in [-0.4, -0.2) is 43.2 Å². The van der Waals surface area contributed by atoms with Crippen molar-refractivity contribution in [3.63, 3.8) is 0 Å². The summed E-state index contributed by atoms with van der Waals surface area (Å²) in [6.07, 6.45) is 1.77. The summed E-state index contributed by atoms with van der Waals surface area (Å²) in [7, 11) is 4.05. The average Bonchev–Trinajstić information content (AvgIpc) is 2.74. The Bertz CT molecular complexity index is 436. The van der Waals surface area contributed by atoms with E-state index in [0.717, 1.165) is 13.1 Å². The Balaban J connectivity index is 2.08. The summed E-state index contributed by atoms with van der Waals surface area (Å²) >= 11 is 0. The Labute approximate surface area is 114 Å². The lowest BCUT2D eigenvalue weighted by Gasteiger charge is -2.27. The van der Waals surface area contributed by atoms with Crippen LogP contribution in [0.15, 0.2) is 18.2 Å². The van der Waals surface area contributed by atoms with Crippen molar-refractivity contribution in [1.29, 1.82) is 0 Å². The van der Waals surface area contributed by atoms with Crippen LogP contribution in [0.25, 0.3) is 0 Å². The predicted molar refractivity (Wildman–Crippen MR) is 76.0 cm³/mol. The van der Waals surface area contributed by atoms with Gasteiger partial charge in [-0.25, -0.2) is 4.39 Å². The fourth-order valence-electron chi connectivity index (χ4n) is 2.72. The second-order valence-corrected chi connectivity index (χ2v) is 5.54. The Kier molecular flexibility index (Phi) is 4.42. The molecule has 1 N–H and O–H groups in total. The number of likely N-dealkylation sites (N-methyl/N-ethyl adjacent to an activating group) is 2. The molecule has 0 radical (unpaired) electrons. The highest BCUT2D eigenvalue weighted by Crippen LogP contribution is 2.24. The molecule has 0 amide bonds. The third-order valence-corrected chi connectivity index (χ3v) is 4.02. The van der Waals surface area contributed by atoms with E-state index < -0.39 is 6.10 Å². The summed E-state index contributed by atoms with van der Waals surface area (Å²) in [5.41, 5.74) is 1.22. The van der Waals surface area contributed by atoms with Crippen LogP contribution >= 0.6 is 0 Å². The highest BCUT2D eigenvalue weighted by molar-refractivity contribution is 5.49. The van der Waals surface area contributed by atoms with E-state index in [-0.39, 0.29) is 5.82 Å². The number of benzene rings is 1. The zero-order valence-electron chi connectivity index (χ0n) is 11.9. The average molecular weight is 266 g/mol. The molecule has 1 heterocycles. The molecule has 1 fully saturated rings. The zero-order chi connectivity index (χ0) is 14.0. The largest absolute Gasteiger partial charge is 0.389 e. The number of halogens is 1. The molecule has 0 aromatic heterocycles. The van der Waals surface area contributed by atoms with Gasteiger partial charge in [0.05, 0.1) is 11.8 Å². The van der Waals surface area contributed by atoms with Gasteiger partial charge in [-0.3, -0.25) is 0 Å². The molecule has 0 bridgehead atoms. The summed E-state index contributed by atoms with van der Waals surface area (Å²) in [5, 5.41) is 9.46. The summed E-state index contributed by atoms with van der Waals surface area (Å²) < 4.78 is 14.1. The number of aliphatic hydroxyl groups excluding tert-OH is 1. The molecule has 0 aliphatic carbocycles. The molecule has 4 heteroatoms. The van der Waals surface area contributed by atoms with Gasteiger partial charge in [-0.1, -0.05) is 6.07 Å². The quantitative estimate of drug-likeness (QED) is 0.906. The van der Waals surface area contributed by atoms with E-state index in [0.29, 0.717) is 17.3 Å². The molecule has 1 unspecified atom stereocenters. The van der Waals surface area contributed by atoms with Crippen molar-refractivity contribution in [3.8, 4) is 0 Å². The van der Waals surface area contributed by atoms with Crippen LogP contribution in [-0.2, 0) is 0 Å². The Morgan fingerprint density at radius 2 is 2.26 bits per heavy atom. The lowest BCUT2D eigenvalue weighted by atomic mass is 10.1. The van der Waals surface area contributed by atoms with Crippen molar-refractivity contribution >= 4 is 5.69 Å². The van der Waals surface area contributed by atoms with Crippen LogP contribution in [0.4, 0.5) is 10.1 Å². The van der Waals surface area contributed by atoms with Gasteiger partial charge in [0.2, 0.25) is 0 Å². The van der Waals surface area contributed by atoms with E-state index in [1.807, 2.05) is 11.9 Å². The monoisotopic (exact) mass is 266 g/mol. The first kappa shape index (κ1) is 14.3. The van der Waals surface area contributed by atoms with E-state index in [2.05, 4.69) is 11.9 Å². The number of hydrogen-bond acceptors (Lipinski definition) is 3. The number of likely N-dealkylation sites (tertiary alicyclic amines) is 1. The van der Waals surface area contributed by atoms with Gasteiger partial charge in [-0.15, -0.1) is 0 Å². The minimum Gasteiger partial charge on any atom is -0.389 e. The number of aliphatic hydroxyl groups is 1. The highest BCUT2D eigenvalue weighted by atomic mass is 19.1. The lowest BCUT2D eigenvalue weighted by molar-refractivity contribution is 0.199. The Hall–Kier alpha value is -1.13. The highest BCUT2D eigenvalue weighted by Gasteiger charge is 2.23. The van der Waals surface area contributed by atoms with Crippen LogP contribution in [0.3, 0.4) is 0 Å². The zero-order valence-corrected chi connectivity index (χ0v) is 11.9. The fourth-order valence-corrected chi connectivity index (χ4v) is 2.72. The minimum atomic E-state index is -0.630. The molecule has 2 rings (SSSR count). The maximum Gasteiger partial charge on any atom is 0.146 e. The summed E-state index contributed by atoms with van der Waals surface area (Å²) in [6, 6.07) is 5.47. The first-order valence-electron chi connectivity index (χ1n) is 6.88. The normalized spacial score (nSPS) is 21.6. The van der Waals surface area contributed by atoms with Crippen LogP contribution in [0, 0.1) is 5.82 Å². The van der Waals surface area contributed by atoms with Gasteiger partial charge < -0.3 is 14.9 Å². The summed E-state index contributed by atoms with van der Waals surface area (Å²) in [4.78, 5) is 4.30. The molecule has 1 aliphatic heterocycles. The van der Waals surface area contributed by atoms with Crippen molar-refractivity contribution in [3.05, 3.63) is 29.6 Å². The Morgan fingerprint density at radius 1 is 1.53 bits per heavy atom. The second-order valence-electron chi connectivity index (χ2n) is 5.54. The van der Waals surface area contributed by atoms with E-state index in [1.54, 1.807) is 19.1 Å². The van der Waals surface area contributed by atoms with Gasteiger partial charge in [0.25, 0.3) is 0 Å². The smallest absolute Gasteiger partial charge is 0.146 e. The number of anilines is 1. The van der Waals surface area contributed by atoms with Crippen molar-refractivity contribution in [2.24, 2.45) is 0 Å². The van der Waals surface area contributed by atoms with Crippen LogP contribution in [0.2, 0.25) is 0 Å². The summed E-state index contributed by atoms with van der Waals surface area (Å²) in [6.45, 7) is 3.61. The van der Waals surface area contributed by atoms with Crippen molar-refractivity contribution in [2.45, 2.75) is 31.9 Å². The van der Waals surface area contributed by atoms with Gasteiger partial charge in [0, 0.05) is 19.6 Å². The molecule has 0 spiro atoms. The van der Waals surface area contributed by atoms with Gasteiger partial charge in [-0.05, 0) is 51.1 Å². The molecule has 106 valence electrons. The first-order chi connectivity index (χ1) is 8.99. The topological polar surface area (TPSA) is 26.7 Å². The SMILES string of the molecule is C[C@@H](O)c1ccc(N(C)CC2CCCN2C)c(F)c1. The van der Waals surface area contributed by atoms with Gasteiger partial charge in [0.15, 0.2) is 0 Å². The molecular weight excluding hydrogens is 243 g/mol. The molecule has 1 aromatic rings. The predicted octanol–water partition coefficient (Wildman–Crippen LogP) is 2.41. The minimum absolute atomic E-state index is 0.262. The molecule has 2 atom stereocenters. The number of nitrogens with zero attached hydrogens (tertiary/aromatic N) is 2. The van der Waals surface area contributed by atoms with E-state index >= 15 is 0 Å². The molecule has 19 heavy (non-hydrogen) atoms. The summed E-state index contributed by atoms with van der Waals surface area (Å²) in [5.74, 6) is -0.262. The third kappa shape index (κ3) is 3.25. The molecule has 0 saturated carbocycles. The van der Waals surface area contributed by atoms with Crippen molar-refractivity contribution < 1.29 is 9.50 Å². The maximum atomic E-state index is 14.1. The van der Waals surface area contributed by atoms with Crippen LogP contribution in [0.5, 0.6) is 0 Å². The molecule has 1 aliphatic rings. The second kappa shape index (κ2) is 5.88. The standard InChI is InChI=1S/C15H23FN2O/c1-11(19)12-6-7-15(14(16)9-12)18(3)10-13-5-4-8-17(13)2/h6-7,9,11,13,19H,4-5,8,10H2,1-3H3/t11-,13?/m1/s1. The van der Waals surface area contributed by atoms with Gasteiger partial charge in [-0.2, -0.15) is 0 Å². The van der Waals surface area contributed by atoms with Crippen molar-refractivity contribution in [2.75, 3.05) is 32.1 Å². The molecular formula is C15H23FN2O.